The minimum atomic E-state index is -4.15. The largest absolute Gasteiger partial charge is 0.484 e. The van der Waals surface area contributed by atoms with Gasteiger partial charge in [0.1, 0.15) is 35.1 Å². The summed E-state index contributed by atoms with van der Waals surface area (Å²) in [6, 6.07) is 18.5. The number of hydrogen-bond acceptors (Lipinski definition) is 11. The van der Waals surface area contributed by atoms with Crippen molar-refractivity contribution in [2.75, 3.05) is 25.7 Å². The Labute approximate surface area is 349 Å². The molecule has 1 aliphatic heterocycles. The fourth-order valence-corrected chi connectivity index (χ4v) is 10.2. The summed E-state index contributed by atoms with van der Waals surface area (Å²) in [5, 5.41) is 14.7. The van der Waals surface area contributed by atoms with E-state index in [9.17, 15) is 19.2 Å². The van der Waals surface area contributed by atoms with Crippen LogP contribution in [0.1, 0.15) is 65.7 Å². The minimum absolute atomic E-state index is 0.0941. The normalized spacial score (nSPS) is 18.7. The second-order valence-corrected chi connectivity index (χ2v) is 18.6. The van der Waals surface area contributed by atoms with Crippen LogP contribution in [0.15, 0.2) is 82.6 Å². The topological polar surface area (TPSA) is 170 Å². The number of carboxylic acids is 1. The first-order chi connectivity index (χ1) is 27.8. The highest BCUT2D eigenvalue weighted by molar-refractivity contribution is 7.98. The van der Waals surface area contributed by atoms with Crippen LogP contribution in [-0.4, -0.2) is 83.3 Å². The zero-order chi connectivity index (χ0) is 41.8. The Balaban J connectivity index is 1.35. The molecule has 3 N–H and O–H groups in total. The van der Waals surface area contributed by atoms with E-state index in [2.05, 4.69) is 10.6 Å². The van der Waals surface area contributed by atoms with E-state index in [1.54, 1.807) is 64.8 Å². The van der Waals surface area contributed by atoms with Gasteiger partial charge in [0.25, 0.3) is 5.91 Å². The zero-order valence-corrected chi connectivity index (χ0v) is 36.1. The number of hydrogen-bond donors (Lipinski definition) is 3. The summed E-state index contributed by atoms with van der Waals surface area (Å²) < 4.78 is 38.4. The van der Waals surface area contributed by atoms with Gasteiger partial charge in [0.05, 0.1) is 0 Å². The molecule has 1 unspecified atom stereocenters. The summed E-state index contributed by atoms with van der Waals surface area (Å²) in [6.45, 7) is 4.73. The fraction of sp³-hybridized carbons (Fsp3) is 0.476. The second kappa shape index (κ2) is 21.1. The lowest BCUT2D eigenvalue weighted by Crippen LogP contribution is -2.58. The second-order valence-electron chi connectivity index (χ2n) is 14.7. The Bertz CT molecular complexity index is 1840. The lowest BCUT2D eigenvalue weighted by molar-refractivity contribution is -0.145. The summed E-state index contributed by atoms with van der Waals surface area (Å²) in [7, 11) is -4.15. The van der Waals surface area contributed by atoms with Crippen LogP contribution in [0.3, 0.4) is 0 Å². The molecule has 1 saturated heterocycles. The zero-order valence-electron chi connectivity index (χ0n) is 33.6. The van der Waals surface area contributed by atoms with Crippen LogP contribution in [-0.2, 0) is 23.7 Å². The molecular formula is C42H54N3O10PS2. The molecule has 2 aliphatic rings. The molecular weight excluding hydrogens is 802 g/mol. The number of aliphatic carboxylic acids is 1. The van der Waals surface area contributed by atoms with Gasteiger partial charge in [-0.05, 0) is 123 Å². The van der Waals surface area contributed by atoms with E-state index in [1.807, 2.05) is 57.5 Å². The van der Waals surface area contributed by atoms with E-state index in [1.165, 1.54) is 12.1 Å². The number of thioether (sulfide) groups is 2. The van der Waals surface area contributed by atoms with Gasteiger partial charge < -0.3 is 39.2 Å². The summed E-state index contributed by atoms with van der Waals surface area (Å²) >= 11 is 3.13. The van der Waals surface area contributed by atoms with Crippen LogP contribution in [0.4, 0.5) is 0 Å². The third-order valence-electron chi connectivity index (χ3n) is 10.3. The Kier molecular flexibility index (Phi) is 16.3. The highest BCUT2D eigenvalue weighted by Crippen LogP contribution is 2.54. The third-order valence-corrected chi connectivity index (χ3v) is 13.9. The molecule has 1 saturated carbocycles. The average molecular weight is 856 g/mol. The minimum Gasteiger partial charge on any atom is -0.484 e. The molecule has 1 heterocycles. The number of carboxylic acid groups (broad SMARTS) is 1. The van der Waals surface area contributed by atoms with Crippen molar-refractivity contribution >= 4 is 54.8 Å². The molecule has 314 valence electrons. The first-order valence-corrected chi connectivity index (χ1v) is 23.7. The average Bonchev–Trinajstić information content (AvgIpc) is 3.61. The molecule has 1 aliphatic carbocycles. The van der Waals surface area contributed by atoms with Crippen molar-refractivity contribution in [1.82, 2.24) is 15.5 Å². The Morgan fingerprint density at radius 3 is 1.81 bits per heavy atom. The molecule has 0 spiro atoms. The lowest BCUT2D eigenvalue weighted by Gasteiger charge is -2.37. The predicted molar refractivity (Wildman–Crippen MR) is 225 cm³/mol. The van der Waals surface area contributed by atoms with Crippen molar-refractivity contribution in [2.45, 2.75) is 99.4 Å². The summed E-state index contributed by atoms with van der Waals surface area (Å²) in [5.74, 6) is -2.34. The lowest BCUT2D eigenvalue weighted by atomic mass is 9.84. The predicted octanol–water partition coefficient (Wildman–Crippen LogP) is 7.87. The maximum atomic E-state index is 15.1. The van der Waals surface area contributed by atoms with Gasteiger partial charge in [-0.25, -0.2) is 9.36 Å². The summed E-state index contributed by atoms with van der Waals surface area (Å²) in [6.07, 6.45) is 8.70. The Morgan fingerprint density at radius 1 is 0.793 bits per heavy atom. The van der Waals surface area contributed by atoms with E-state index in [0.717, 1.165) is 35.5 Å². The number of amides is 3. The van der Waals surface area contributed by atoms with E-state index in [0.29, 0.717) is 35.8 Å². The first kappa shape index (κ1) is 44.8. The third kappa shape index (κ3) is 11.9. The molecule has 5 atom stereocenters. The van der Waals surface area contributed by atoms with Gasteiger partial charge >= 0.3 is 13.6 Å². The van der Waals surface area contributed by atoms with E-state index in [-0.39, 0.29) is 36.8 Å². The molecule has 5 rings (SSSR count). The number of likely N-dealkylation sites (tertiary alicyclic amines) is 1. The highest BCUT2D eigenvalue weighted by atomic mass is 32.2. The Hall–Kier alpha value is -4.33. The smallest absolute Gasteiger partial charge is 0.452 e. The molecule has 3 amide bonds. The summed E-state index contributed by atoms with van der Waals surface area (Å²) in [5.41, 5.74) is 0. The molecule has 0 aromatic heterocycles. The Morgan fingerprint density at radius 2 is 1.31 bits per heavy atom. The van der Waals surface area contributed by atoms with Crippen molar-refractivity contribution in [3.8, 4) is 23.0 Å². The first-order valence-electron chi connectivity index (χ1n) is 19.6. The molecule has 0 bridgehead atoms. The van der Waals surface area contributed by atoms with Gasteiger partial charge in [0.15, 0.2) is 19.0 Å². The molecule has 13 nitrogen and oxygen atoms in total. The number of ether oxygens (including phenoxy) is 2. The van der Waals surface area contributed by atoms with Crippen LogP contribution in [0.2, 0.25) is 0 Å². The number of benzene rings is 3. The van der Waals surface area contributed by atoms with Crippen molar-refractivity contribution in [3.63, 3.8) is 0 Å². The van der Waals surface area contributed by atoms with Crippen LogP contribution in [0.25, 0.3) is 0 Å². The maximum absolute atomic E-state index is 15.1. The van der Waals surface area contributed by atoms with Crippen LogP contribution in [0, 0.1) is 11.8 Å². The number of carbonyl (C=O) groups is 4. The van der Waals surface area contributed by atoms with Gasteiger partial charge in [-0.3, -0.25) is 14.4 Å². The van der Waals surface area contributed by atoms with E-state index < -0.39 is 49.9 Å². The number of carbonyl (C=O) groups excluding carboxylic acids is 3. The van der Waals surface area contributed by atoms with Crippen molar-refractivity contribution in [2.24, 2.45) is 11.8 Å². The maximum Gasteiger partial charge on any atom is 0.452 e. The van der Waals surface area contributed by atoms with E-state index >= 15 is 4.57 Å². The SMILES string of the molecule is CCC[C@H](NC(=O)[C@@H]1C[C@@H]2CCCC[C@@H]2N1C(=O)C(NC(=O)COc1ccc(OCC(=O)O)cc1)C(C)C)P(=O)(Oc1ccc(SC)cc1)Oc1ccc(SC)cc1. The number of fused-ring (bicyclic) bond motifs is 1. The van der Waals surface area contributed by atoms with Gasteiger partial charge in [-0.15, -0.1) is 23.5 Å². The van der Waals surface area contributed by atoms with Crippen molar-refractivity contribution in [1.29, 1.82) is 0 Å². The van der Waals surface area contributed by atoms with Crippen molar-refractivity contribution in [3.05, 3.63) is 72.8 Å². The van der Waals surface area contributed by atoms with Crippen LogP contribution >= 0.6 is 31.1 Å². The molecule has 2 fully saturated rings. The molecule has 3 aromatic rings. The summed E-state index contributed by atoms with van der Waals surface area (Å²) in [4.78, 5) is 56.9. The monoisotopic (exact) mass is 855 g/mol. The molecule has 0 radical (unpaired) electrons. The molecule has 58 heavy (non-hydrogen) atoms. The van der Waals surface area contributed by atoms with Gasteiger partial charge in [0.2, 0.25) is 11.8 Å². The number of nitrogens with zero attached hydrogens (tertiary/aromatic N) is 1. The van der Waals surface area contributed by atoms with Gasteiger partial charge in [-0.1, -0.05) is 40.0 Å². The van der Waals surface area contributed by atoms with Gasteiger partial charge in [0, 0.05) is 15.8 Å². The number of rotatable bonds is 20. The van der Waals surface area contributed by atoms with Crippen molar-refractivity contribution < 1.29 is 47.4 Å². The fourth-order valence-electron chi connectivity index (χ4n) is 7.38. The van der Waals surface area contributed by atoms with E-state index in [4.69, 9.17) is 23.6 Å². The van der Waals surface area contributed by atoms with Crippen LogP contribution < -0.4 is 29.2 Å². The van der Waals surface area contributed by atoms with Gasteiger partial charge in [-0.2, -0.15) is 0 Å². The molecule has 3 aromatic carbocycles. The molecule has 16 heteroatoms. The number of nitrogens with one attached hydrogen (secondary N) is 2. The standard InChI is InChI=1S/C42H54N3O10PS2/c1-6-9-38(56(51,54-31-16-20-33(57-4)21-17-31)55-32-18-22-34(58-5)23-19-32)44-41(49)36-24-28-10-7-8-11-35(28)45(36)42(50)40(27(2)3)43-37(46)25-52-29-12-14-30(15-13-29)53-26-39(47)48/h12-23,27-28,35-36,38,40H,6-11,24-26H2,1-5H3,(H,43,46)(H,44,49)(H,47,48)/t28-,35-,36-,38+,40?/m0/s1. The van der Waals surface area contributed by atoms with Crippen LogP contribution in [0.5, 0.6) is 23.0 Å². The highest BCUT2D eigenvalue weighted by Gasteiger charge is 2.51. The quantitative estimate of drug-likeness (QED) is 0.0744.